The largest absolute Gasteiger partial charge is 0.380 e. The summed E-state index contributed by atoms with van der Waals surface area (Å²) in [6, 6.07) is 3.94. The first kappa shape index (κ1) is 11.5. The molecule has 1 aromatic heterocycles. The first-order valence-corrected chi connectivity index (χ1v) is 5.48. The average Bonchev–Trinajstić information content (AvgIpc) is 2.18. The molecule has 78 valence electrons. The Bertz CT molecular complexity index is 291. The lowest BCUT2D eigenvalue weighted by atomic mass is 10.4. The third-order valence-electron chi connectivity index (χ3n) is 1.78. The second-order valence-electron chi connectivity index (χ2n) is 2.89. The molecule has 0 amide bonds. The van der Waals surface area contributed by atoms with Crippen LogP contribution >= 0.6 is 15.9 Å². The van der Waals surface area contributed by atoms with Crippen LogP contribution in [0.5, 0.6) is 0 Å². The van der Waals surface area contributed by atoms with Gasteiger partial charge in [-0.3, -0.25) is 0 Å². The molecule has 0 aliphatic heterocycles. The van der Waals surface area contributed by atoms with E-state index in [0.717, 1.165) is 29.1 Å². The summed E-state index contributed by atoms with van der Waals surface area (Å²) in [6.07, 6.45) is 0. The predicted molar refractivity (Wildman–Crippen MR) is 61.7 cm³/mol. The number of nitrogens with one attached hydrogen (secondary N) is 1. The van der Waals surface area contributed by atoms with Gasteiger partial charge in [-0.1, -0.05) is 0 Å². The number of halogens is 1. The summed E-state index contributed by atoms with van der Waals surface area (Å²) in [7, 11) is 0. The van der Waals surface area contributed by atoms with Gasteiger partial charge in [0.1, 0.15) is 5.82 Å². The van der Waals surface area contributed by atoms with E-state index in [1.807, 2.05) is 26.0 Å². The highest BCUT2D eigenvalue weighted by Crippen LogP contribution is 2.15. The zero-order chi connectivity index (χ0) is 10.4. The molecule has 1 N–H and O–H groups in total. The van der Waals surface area contributed by atoms with Gasteiger partial charge in [0.05, 0.1) is 12.3 Å². The number of ether oxygens (including phenoxy) is 1. The van der Waals surface area contributed by atoms with E-state index in [4.69, 9.17) is 4.74 Å². The fourth-order valence-corrected chi connectivity index (χ4v) is 1.26. The van der Waals surface area contributed by atoms with Crippen LogP contribution in [0.2, 0.25) is 0 Å². The third kappa shape index (κ3) is 3.64. The highest BCUT2D eigenvalue weighted by molar-refractivity contribution is 9.10. The molecule has 0 radical (unpaired) electrons. The van der Waals surface area contributed by atoms with Gasteiger partial charge in [-0.15, -0.1) is 0 Å². The molecule has 0 saturated heterocycles. The van der Waals surface area contributed by atoms with Crippen molar-refractivity contribution in [3.8, 4) is 0 Å². The molecular weight excluding hydrogens is 244 g/mol. The number of aryl methyl sites for hydroxylation is 1. The molecule has 0 atom stereocenters. The van der Waals surface area contributed by atoms with Crippen LogP contribution in [0.15, 0.2) is 16.6 Å². The number of aromatic nitrogens is 1. The summed E-state index contributed by atoms with van der Waals surface area (Å²) in [6.45, 7) is 6.23. The topological polar surface area (TPSA) is 34.1 Å². The minimum absolute atomic E-state index is 0.716. The molecule has 1 rings (SSSR count). The number of hydrogen-bond acceptors (Lipinski definition) is 3. The van der Waals surface area contributed by atoms with Gasteiger partial charge in [-0.2, -0.15) is 0 Å². The van der Waals surface area contributed by atoms with E-state index in [-0.39, 0.29) is 0 Å². The predicted octanol–water partition coefficient (Wildman–Crippen LogP) is 2.60. The van der Waals surface area contributed by atoms with Gasteiger partial charge in [0.25, 0.3) is 0 Å². The van der Waals surface area contributed by atoms with Crippen LogP contribution in [0.4, 0.5) is 5.82 Å². The average molecular weight is 259 g/mol. The van der Waals surface area contributed by atoms with Gasteiger partial charge in [0.15, 0.2) is 0 Å². The molecule has 0 saturated carbocycles. The lowest BCUT2D eigenvalue weighted by Crippen LogP contribution is -2.10. The van der Waals surface area contributed by atoms with Crippen LogP contribution in [0.25, 0.3) is 0 Å². The minimum atomic E-state index is 0.716. The smallest absolute Gasteiger partial charge is 0.126 e. The van der Waals surface area contributed by atoms with E-state index in [1.165, 1.54) is 0 Å². The quantitative estimate of drug-likeness (QED) is 0.825. The summed E-state index contributed by atoms with van der Waals surface area (Å²) in [4.78, 5) is 4.36. The zero-order valence-electron chi connectivity index (χ0n) is 8.51. The second-order valence-corrected chi connectivity index (χ2v) is 3.74. The lowest BCUT2D eigenvalue weighted by molar-refractivity contribution is 0.158. The monoisotopic (exact) mass is 258 g/mol. The third-order valence-corrected chi connectivity index (χ3v) is 2.62. The summed E-state index contributed by atoms with van der Waals surface area (Å²) < 4.78 is 6.24. The van der Waals surface area contributed by atoms with E-state index in [9.17, 15) is 0 Å². The second kappa shape index (κ2) is 5.98. The molecule has 0 fully saturated rings. The van der Waals surface area contributed by atoms with Gasteiger partial charge in [-0.25, -0.2) is 4.98 Å². The molecule has 1 aromatic rings. The van der Waals surface area contributed by atoms with E-state index in [2.05, 4.69) is 26.2 Å². The minimum Gasteiger partial charge on any atom is -0.380 e. The van der Waals surface area contributed by atoms with Crippen LogP contribution in [0, 0.1) is 6.92 Å². The highest BCUT2D eigenvalue weighted by Gasteiger charge is 1.97. The van der Waals surface area contributed by atoms with Gasteiger partial charge in [0.2, 0.25) is 0 Å². The van der Waals surface area contributed by atoms with Crippen molar-refractivity contribution >= 4 is 21.7 Å². The number of rotatable bonds is 5. The molecule has 0 aromatic carbocycles. The summed E-state index contributed by atoms with van der Waals surface area (Å²) >= 11 is 3.41. The summed E-state index contributed by atoms with van der Waals surface area (Å²) in [5.41, 5.74) is 0.992. The first-order valence-electron chi connectivity index (χ1n) is 4.68. The Labute approximate surface area is 93.0 Å². The maximum absolute atomic E-state index is 5.21. The van der Waals surface area contributed by atoms with Crippen LogP contribution in [-0.2, 0) is 4.74 Å². The molecule has 14 heavy (non-hydrogen) atoms. The Morgan fingerprint density at radius 2 is 2.29 bits per heavy atom. The summed E-state index contributed by atoms with van der Waals surface area (Å²) in [5, 5.41) is 3.19. The van der Waals surface area contributed by atoms with Crippen molar-refractivity contribution < 1.29 is 4.74 Å². The van der Waals surface area contributed by atoms with E-state index in [1.54, 1.807) is 0 Å². The van der Waals surface area contributed by atoms with Crippen LogP contribution in [0.1, 0.15) is 12.6 Å². The Morgan fingerprint density at radius 3 is 2.93 bits per heavy atom. The molecule has 1 heterocycles. The highest BCUT2D eigenvalue weighted by atomic mass is 79.9. The Morgan fingerprint density at radius 1 is 1.50 bits per heavy atom. The van der Waals surface area contributed by atoms with Gasteiger partial charge >= 0.3 is 0 Å². The van der Waals surface area contributed by atoms with E-state index >= 15 is 0 Å². The molecule has 0 bridgehead atoms. The van der Waals surface area contributed by atoms with Crippen molar-refractivity contribution in [3.63, 3.8) is 0 Å². The zero-order valence-corrected chi connectivity index (χ0v) is 10.1. The molecular formula is C10H15BrN2O. The van der Waals surface area contributed by atoms with Gasteiger partial charge < -0.3 is 10.1 Å². The first-order chi connectivity index (χ1) is 6.74. The van der Waals surface area contributed by atoms with E-state index < -0.39 is 0 Å². The fourth-order valence-electron chi connectivity index (χ4n) is 1.04. The number of nitrogens with zero attached hydrogens (tertiary/aromatic N) is 1. The van der Waals surface area contributed by atoms with Crippen molar-refractivity contribution in [1.29, 1.82) is 0 Å². The van der Waals surface area contributed by atoms with Gasteiger partial charge in [0, 0.05) is 17.6 Å². The van der Waals surface area contributed by atoms with Crippen molar-refractivity contribution in [2.75, 3.05) is 25.1 Å². The van der Waals surface area contributed by atoms with E-state index in [0.29, 0.717) is 6.61 Å². The molecule has 3 nitrogen and oxygen atoms in total. The molecule has 0 spiro atoms. The SMILES string of the molecule is CCOCCNc1ccc(Br)c(C)n1. The number of hydrogen-bond donors (Lipinski definition) is 1. The Hall–Kier alpha value is -0.610. The normalized spacial score (nSPS) is 10.2. The lowest BCUT2D eigenvalue weighted by Gasteiger charge is -2.06. The molecule has 4 heteroatoms. The van der Waals surface area contributed by atoms with Crippen LogP contribution in [-0.4, -0.2) is 24.7 Å². The molecule has 0 aliphatic rings. The summed E-state index contributed by atoms with van der Waals surface area (Å²) in [5.74, 6) is 0.894. The van der Waals surface area contributed by atoms with Crippen LogP contribution in [0.3, 0.4) is 0 Å². The maximum Gasteiger partial charge on any atom is 0.126 e. The van der Waals surface area contributed by atoms with Crippen molar-refractivity contribution in [1.82, 2.24) is 4.98 Å². The Kier molecular flexibility index (Phi) is 4.90. The molecule has 0 aliphatic carbocycles. The van der Waals surface area contributed by atoms with Gasteiger partial charge in [-0.05, 0) is 41.9 Å². The molecule has 0 unspecified atom stereocenters. The number of anilines is 1. The Balaban J connectivity index is 2.39. The maximum atomic E-state index is 5.21. The fraction of sp³-hybridized carbons (Fsp3) is 0.500. The van der Waals surface area contributed by atoms with Crippen LogP contribution < -0.4 is 5.32 Å². The van der Waals surface area contributed by atoms with Crippen molar-refractivity contribution in [2.24, 2.45) is 0 Å². The number of pyridine rings is 1. The standard InChI is InChI=1S/C10H15BrN2O/c1-3-14-7-6-12-10-5-4-9(11)8(2)13-10/h4-5H,3,6-7H2,1-2H3,(H,12,13). The van der Waals surface area contributed by atoms with Crippen molar-refractivity contribution in [3.05, 3.63) is 22.3 Å². The van der Waals surface area contributed by atoms with Crippen molar-refractivity contribution in [2.45, 2.75) is 13.8 Å².